The molecule has 0 spiro atoms. The number of benzene rings is 6. The van der Waals surface area contributed by atoms with Crippen LogP contribution in [0.2, 0.25) is 0 Å². The number of primary amides is 3. The second-order valence-corrected chi connectivity index (χ2v) is 34.0. The fourth-order valence-electron chi connectivity index (χ4n) is 12.5. The normalized spacial score (nSPS) is 17.1. The maximum absolute atomic E-state index is 13.7. The van der Waals surface area contributed by atoms with Crippen LogP contribution in [0.15, 0.2) is 119 Å². The Morgan fingerprint density at radius 1 is 0.451 bits per heavy atom. The second kappa shape index (κ2) is 44.1. The zero-order chi connectivity index (χ0) is 89.9. The summed E-state index contributed by atoms with van der Waals surface area (Å²) < 4.78 is 95.6. The van der Waals surface area contributed by atoms with Crippen LogP contribution in [-0.4, -0.2) is 164 Å². The maximum atomic E-state index is 13.7. The molecule has 0 radical (unpaired) electrons. The van der Waals surface area contributed by atoms with E-state index in [9.17, 15) is 82.8 Å². The van der Waals surface area contributed by atoms with Crippen molar-refractivity contribution in [2.45, 2.75) is 135 Å². The number of carbonyl (C=O) groups excluding carboxylic acids is 12. The van der Waals surface area contributed by atoms with Gasteiger partial charge in [-0.2, -0.15) is 0 Å². The fourth-order valence-corrected chi connectivity index (χ4v) is 14.2. The molecular weight excluding hydrogens is 1650 g/mol. The molecule has 122 heavy (non-hydrogen) atoms. The van der Waals surface area contributed by atoms with E-state index in [2.05, 4.69) is 56.1 Å². The lowest BCUT2D eigenvalue weighted by atomic mass is 9.87. The van der Waals surface area contributed by atoms with Gasteiger partial charge in [0.15, 0.2) is 29.3 Å². The molecule has 0 aliphatic carbocycles. The molecule has 0 saturated heterocycles. The summed E-state index contributed by atoms with van der Waals surface area (Å²) in [6, 6.07) is 22.9. The van der Waals surface area contributed by atoms with Gasteiger partial charge in [0.05, 0.1) is 53.6 Å². The molecule has 0 aromatic heterocycles. The highest BCUT2D eigenvalue weighted by Crippen LogP contribution is 2.33. The van der Waals surface area contributed by atoms with Crippen LogP contribution in [-0.2, 0) is 78.7 Å². The van der Waals surface area contributed by atoms with Crippen LogP contribution in [0.4, 0.5) is 34.1 Å². The van der Waals surface area contributed by atoms with Gasteiger partial charge in [-0.15, -0.1) is 0 Å². The van der Waals surface area contributed by atoms with Crippen molar-refractivity contribution in [3.05, 3.63) is 159 Å². The summed E-state index contributed by atoms with van der Waals surface area (Å²) in [6.07, 6.45) is 5.28. The Labute approximate surface area is 703 Å². The Morgan fingerprint density at radius 2 is 0.803 bits per heavy atom. The molecule has 5 atom stereocenters. The van der Waals surface area contributed by atoms with E-state index in [1.165, 1.54) is 91.0 Å². The average Bonchev–Trinajstić information content (AvgIpc) is 0.808. The molecular formula is C79H101N19O21S3. The fraction of sp³-hybridized carbons (Fsp3) is 0.367. The maximum Gasteiger partial charge on any atom is 0.255 e. The lowest BCUT2D eigenvalue weighted by Crippen LogP contribution is -2.46. The van der Waals surface area contributed by atoms with E-state index in [0.717, 1.165) is 18.8 Å². The number of ether oxygens (including phenoxy) is 3. The van der Waals surface area contributed by atoms with Crippen molar-refractivity contribution in [3.8, 4) is 17.2 Å². The molecule has 656 valence electrons. The first-order valence-electron chi connectivity index (χ1n) is 38.2. The van der Waals surface area contributed by atoms with Crippen LogP contribution < -0.4 is 106 Å². The van der Waals surface area contributed by atoms with E-state index < -0.39 is 113 Å². The quantitative estimate of drug-likeness (QED) is 0.0249. The van der Waals surface area contributed by atoms with Gasteiger partial charge < -0.3 is 92.0 Å². The third kappa shape index (κ3) is 30.5. The number of sulfonamides is 3. The molecule has 6 aromatic rings. The first-order valence-corrected chi connectivity index (χ1v) is 43.9. The zero-order valence-corrected chi connectivity index (χ0v) is 70.0. The van der Waals surface area contributed by atoms with Crippen molar-refractivity contribution in [1.29, 1.82) is 0 Å². The van der Waals surface area contributed by atoms with Crippen molar-refractivity contribution in [2.24, 2.45) is 67.7 Å². The van der Waals surface area contributed by atoms with E-state index in [0.29, 0.717) is 61.8 Å². The predicted octanol–water partition coefficient (Wildman–Crippen LogP) is 2.92. The van der Waals surface area contributed by atoms with Gasteiger partial charge in [0.2, 0.25) is 65.5 Å². The number of nitrogens with zero attached hydrogens (tertiary/aromatic N) is 2. The van der Waals surface area contributed by atoms with E-state index in [1.807, 2.05) is 6.92 Å². The SMILES string of the molecule is CC[C@H](C)[C@@H]1NC(=O)c2cc(NS(C)(=O)=O)ccc2OCc2ccc(C(N)=O)cc2NC(=O)[C@H](CCCN=C(N)N)CC1=O.CS(=O)(=O)Nc1ccc2c(c1)C(=O)N[C@@H](CCCCN)C(=O)CCC(=O)Nc1cc(C(N)=O)ccc1CO2.CS(=O)(=O)Nc1ccc2c(c1)C(=O)N[C@@H](CCCN=C(N)N)C(=O)CCC(=O)Nc1cc(C(N)=O)ccc1CO2. The molecule has 0 bridgehead atoms. The van der Waals surface area contributed by atoms with Gasteiger partial charge in [-0.3, -0.25) is 81.7 Å². The third-order valence-electron chi connectivity index (χ3n) is 18.9. The lowest BCUT2D eigenvalue weighted by molar-refractivity contribution is -0.128. The van der Waals surface area contributed by atoms with Crippen LogP contribution in [0.1, 0.15) is 176 Å². The monoisotopic (exact) mass is 1750 g/mol. The number of anilines is 6. The number of hydrogen-bond acceptors (Lipinski definition) is 24. The minimum absolute atomic E-state index is 0.00618. The van der Waals surface area contributed by atoms with Crippen molar-refractivity contribution < 1.29 is 97.0 Å². The molecule has 25 N–H and O–H groups in total. The topological polar surface area (TPSA) is 676 Å². The van der Waals surface area contributed by atoms with Gasteiger partial charge >= 0.3 is 0 Å². The lowest BCUT2D eigenvalue weighted by Gasteiger charge is -2.26. The Hall–Kier alpha value is -13.3. The zero-order valence-electron chi connectivity index (χ0n) is 67.5. The number of ketones is 3. The van der Waals surface area contributed by atoms with Gasteiger partial charge in [0.25, 0.3) is 17.7 Å². The average molecular weight is 1750 g/mol. The minimum Gasteiger partial charge on any atom is -0.488 e. The summed E-state index contributed by atoms with van der Waals surface area (Å²) in [6.45, 7) is 4.17. The molecule has 6 aromatic carbocycles. The van der Waals surface area contributed by atoms with Crippen molar-refractivity contribution in [2.75, 3.05) is 68.5 Å². The van der Waals surface area contributed by atoms with E-state index in [4.69, 9.17) is 60.1 Å². The number of fused-ring (bicyclic) bond motifs is 6. The van der Waals surface area contributed by atoms with Gasteiger partial charge in [-0.05, 0) is 148 Å². The summed E-state index contributed by atoms with van der Waals surface area (Å²) in [5.74, 6) is -7.71. The first-order chi connectivity index (χ1) is 57.5. The number of nitrogens with one attached hydrogen (secondary N) is 9. The number of guanidine groups is 2. The van der Waals surface area contributed by atoms with Gasteiger partial charge in [-0.25, -0.2) is 25.3 Å². The number of aliphatic imine (C=N–C) groups is 2. The van der Waals surface area contributed by atoms with Crippen LogP contribution in [0.3, 0.4) is 0 Å². The summed E-state index contributed by atoms with van der Waals surface area (Å²) in [5.41, 5.74) is 46.3. The second-order valence-electron chi connectivity index (χ2n) is 28.8. The number of rotatable bonds is 23. The summed E-state index contributed by atoms with van der Waals surface area (Å²) >= 11 is 0. The highest BCUT2D eigenvalue weighted by Gasteiger charge is 2.34. The Kier molecular flexibility index (Phi) is 34.7. The van der Waals surface area contributed by atoms with Crippen LogP contribution in [0.25, 0.3) is 0 Å². The Balaban J connectivity index is 0.000000253. The molecule has 3 aliphatic heterocycles. The standard InChI is InChI=1S/C29H39N7O7S.C25H31N7O7S.C25H31N5O7S/c1-4-16(2)25-23(37)13-18(6-5-11-33-29(31)32)27(39)34-22-12-17(26(30)38)7-8-19(22)15-43-24-10-9-20(36-44(3,41)42)14-21(24)28(40)35-25;1-40(37,38)32-16-6-8-21-17(12-16)24(36)31-18(3-2-10-29-25(27)28)20(33)7-9-22(34)30-19-11-14(23(26)35)4-5-15(19)13-39-21;1-38(35,36)30-17-7-9-22-18(13-17)25(34)29-19(4-2-3-11-26)21(31)8-10-23(32)28-20-12-15(24(27)33)5-6-16(20)14-37-22/h7-10,12,14,16,18,25,36H,4-6,11,13,15H2,1-3H3,(H2,30,38)(H,34,39)(H,35,40)(H4,31,32,33);4-6,8,11-12,18,32H,2-3,7,9-10,13H2,1H3,(H2,26,35)(H,30,34)(H,31,36)(H4,27,28,29);5-7,9,12-13,19,30H,2-4,8,10-11,14,26H2,1H3,(H2,27,33)(H,28,32)(H,29,34)/t16-,18+,25-;18-;19-/m000/s1. The highest BCUT2D eigenvalue weighted by atomic mass is 32.2. The van der Waals surface area contributed by atoms with E-state index in [1.54, 1.807) is 25.1 Å². The van der Waals surface area contributed by atoms with Crippen LogP contribution in [0.5, 0.6) is 17.2 Å². The van der Waals surface area contributed by atoms with Crippen LogP contribution in [0, 0.1) is 11.8 Å². The van der Waals surface area contributed by atoms with Crippen molar-refractivity contribution >= 4 is 147 Å². The molecule has 9 rings (SSSR count). The largest absolute Gasteiger partial charge is 0.488 e. The molecule has 0 fully saturated rings. The Bertz CT molecular complexity index is 5390. The number of carbonyl (C=O) groups is 12. The highest BCUT2D eigenvalue weighted by molar-refractivity contribution is 7.92. The Morgan fingerprint density at radius 3 is 1.15 bits per heavy atom. The van der Waals surface area contributed by atoms with Crippen molar-refractivity contribution in [1.82, 2.24) is 16.0 Å². The summed E-state index contributed by atoms with van der Waals surface area (Å²) in [7, 11) is -10.9. The molecule has 43 heteroatoms. The summed E-state index contributed by atoms with van der Waals surface area (Å²) in [5, 5.41) is 16.4. The van der Waals surface area contributed by atoms with Crippen LogP contribution >= 0.6 is 0 Å². The van der Waals surface area contributed by atoms with Gasteiger partial charge in [-0.1, -0.05) is 38.5 Å². The molecule has 40 nitrogen and oxygen atoms in total. The third-order valence-corrected chi connectivity index (χ3v) is 20.7. The van der Waals surface area contributed by atoms with Gasteiger partial charge in [0.1, 0.15) is 37.1 Å². The molecule has 0 unspecified atom stereocenters. The smallest absolute Gasteiger partial charge is 0.255 e. The van der Waals surface area contributed by atoms with Gasteiger partial charge in [0, 0.05) is 119 Å². The number of amides is 9. The number of unbranched alkanes of at least 4 members (excludes halogenated alkanes) is 1. The molecule has 0 saturated carbocycles. The molecule has 9 amide bonds. The number of Topliss-reactive ketones (excluding diaryl/α,β-unsaturated/α-hetero) is 3. The summed E-state index contributed by atoms with van der Waals surface area (Å²) in [4.78, 5) is 162. The minimum atomic E-state index is -3.66. The van der Waals surface area contributed by atoms with Crippen molar-refractivity contribution in [3.63, 3.8) is 0 Å². The molecule has 3 aliphatic rings. The molecule has 3 heterocycles. The van der Waals surface area contributed by atoms with E-state index >= 15 is 0 Å². The predicted molar refractivity (Wildman–Crippen MR) is 456 cm³/mol. The number of nitrogens with two attached hydrogens (primary N) is 8. The van der Waals surface area contributed by atoms with E-state index in [-0.39, 0.29) is 192 Å². The number of hydrogen-bond donors (Lipinski definition) is 17. The first kappa shape index (κ1) is 95.8.